The van der Waals surface area contributed by atoms with Crippen LogP contribution in [0.2, 0.25) is 0 Å². The molecule has 0 aliphatic carbocycles. The first kappa shape index (κ1) is 24.2. The number of amidine groups is 1. The fraction of sp³-hybridized carbons (Fsp3) is 0.464. The summed E-state index contributed by atoms with van der Waals surface area (Å²) >= 11 is 0. The van der Waals surface area contributed by atoms with Crippen molar-refractivity contribution < 1.29 is 19.1 Å². The number of anilines is 1. The summed E-state index contributed by atoms with van der Waals surface area (Å²) in [5, 5.41) is 4.20. The molecule has 2 aromatic carbocycles. The highest BCUT2D eigenvalue weighted by Crippen LogP contribution is 2.40. The highest BCUT2D eigenvalue weighted by Gasteiger charge is 2.38. The lowest BCUT2D eigenvalue weighted by atomic mass is 9.83. The molecule has 5 rings (SSSR count). The highest BCUT2D eigenvalue weighted by molar-refractivity contribution is 6.09. The number of nitrogens with one attached hydrogen (secondary N) is 1. The lowest BCUT2D eigenvalue weighted by Gasteiger charge is -2.41. The Morgan fingerprint density at radius 2 is 1.97 bits per heavy atom. The van der Waals surface area contributed by atoms with Crippen molar-refractivity contribution in [3.8, 4) is 5.75 Å². The molecule has 8 nitrogen and oxygen atoms in total. The van der Waals surface area contributed by atoms with Crippen molar-refractivity contribution in [2.24, 2.45) is 5.10 Å². The number of carbonyl (C=O) groups excluding carboxylic acids is 2. The van der Waals surface area contributed by atoms with E-state index >= 15 is 0 Å². The second-order valence-electron chi connectivity index (χ2n) is 10.8. The first-order valence-electron chi connectivity index (χ1n) is 12.7. The predicted octanol–water partition coefficient (Wildman–Crippen LogP) is 4.44. The number of ether oxygens (including phenoxy) is 2. The van der Waals surface area contributed by atoms with E-state index < -0.39 is 5.60 Å². The van der Waals surface area contributed by atoms with Crippen molar-refractivity contribution in [3.05, 3.63) is 59.7 Å². The quantitative estimate of drug-likeness (QED) is 0.688. The van der Waals surface area contributed by atoms with E-state index in [0.29, 0.717) is 19.0 Å². The third-order valence-electron chi connectivity index (χ3n) is 7.07. The summed E-state index contributed by atoms with van der Waals surface area (Å²) in [5.41, 5.74) is 5.28. The van der Waals surface area contributed by atoms with Crippen LogP contribution in [0.1, 0.15) is 57.6 Å². The van der Waals surface area contributed by atoms with Gasteiger partial charge >= 0.3 is 6.09 Å². The predicted molar refractivity (Wildman–Crippen MR) is 138 cm³/mol. The van der Waals surface area contributed by atoms with E-state index in [0.717, 1.165) is 30.7 Å². The number of fused-ring (bicyclic) bond motifs is 3. The van der Waals surface area contributed by atoms with Gasteiger partial charge in [0.05, 0.1) is 5.69 Å². The Labute approximate surface area is 212 Å². The van der Waals surface area contributed by atoms with E-state index in [2.05, 4.69) is 34.8 Å². The fourth-order valence-electron chi connectivity index (χ4n) is 5.29. The molecule has 0 bridgehead atoms. The number of rotatable bonds is 3. The number of nitrogens with zero attached hydrogens (tertiary/aromatic N) is 3. The Hall–Kier alpha value is -3.55. The summed E-state index contributed by atoms with van der Waals surface area (Å²) in [7, 11) is 0. The molecule has 2 aromatic rings. The van der Waals surface area contributed by atoms with Gasteiger partial charge in [0.25, 0.3) is 5.91 Å². The van der Waals surface area contributed by atoms with Gasteiger partial charge in [-0.05, 0) is 76.1 Å². The molecule has 1 saturated heterocycles. The Morgan fingerprint density at radius 1 is 1.19 bits per heavy atom. The third-order valence-corrected chi connectivity index (χ3v) is 7.07. The van der Waals surface area contributed by atoms with Gasteiger partial charge in [-0.15, -0.1) is 0 Å². The van der Waals surface area contributed by atoms with Crippen LogP contribution < -0.4 is 15.1 Å². The molecule has 190 valence electrons. The summed E-state index contributed by atoms with van der Waals surface area (Å²) in [6.45, 7) is 8.53. The van der Waals surface area contributed by atoms with Crippen LogP contribution in [0, 0.1) is 0 Å². The average Bonchev–Trinajstić information content (AvgIpc) is 2.85. The molecule has 36 heavy (non-hydrogen) atoms. The van der Waals surface area contributed by atoms with Crippen LogP contribution in [0.25, 0.3) is 0 Å². The van der Waals surface area contributed by atoms with Crippen molar-refractivity contribution in [1.29, 1.82) is 0 Å². The molecule has 3 aliphatic heterocycles. The summed E-state index contributed by atoms with van der Waals surface area (Å²) in [6.07, 6.45) is 2.17. The van der Waals surface area contributed by atoms with E-state index in [-0.39, 0.29) is 30.0 Å². The first-order chi connectivity index (χ1) is 17.2. The minimum atomic E-state index is -0.541. The molecule has 0 spiro atoms. The maximum Gasteiger partial charge on any atom is 0.410 e. The SMILES string of the molecule is C[C@@H]1C(=O)NN=C2COc3ccc(C4CCN(C(=O)OC(C)(C)C)C(Cc5ccccc5)C4)cc3N21. The maximum atomic E-state index is 13.1. The molecule has 1 fully saturated rings. The van der Waals surface area contributed by atoms with E-state index in [1.807, 2.05) is 61.8 Å². The topological polar surface area (TPSA) is 83.5 Å². The highest BCUT2D eigenvalue weighted by atomic mass is 16.6. The monoisotopic (exact) mass is 490 g/mol. The minimum absolute atomic E-state index is 0.0186. The van der Waals surface area contributed by atoms with E-state index in [4.69, 9.17) is 9.47 Å². The lowest BCUT2D eigenvalue weighted by Crippen LogP contribution is -2.55. The molecule has 8 heteroatoms. The van der Waals surface area contributed by atoms with Gasteiger partial charge in [-0.3, -0.25) is 4.79 Å². The number of benzene rings is 2. The van der Waals surface area contributed by atoms with Gasteiger partial charge in [0.2, 0.25) is 0 Å². The van der Waals surface area contributed by atoms with Gasteiger partial charge in [-0.25, -0.2) is 10.2 Å². The molecule has 3 atom stereocenters. The van der Waals surface area contributed by atoms with E-state index in [1.165, 1.54) is 11.1 Å². The molecular weight excluding hydrogens is 456 g/mol. The minimum Gasteiger partial charge on any atom is -0.483 e. The standard InChI is InChI=1S/C28H34N4O4/c1-18-26(33)30-29-25-17-35-24-11-10-20(16-23(24)32(18)25)21-12-13-31(27(34)36-28(2,3)4)22(15-21)14-19-8-6-5-7-9-19/h5-11,16,18,21-22H,12-15,17H2,1-4H3,(H,30,33)/t18-,21?,22?/m1/s1. The molecule has 3 heterocycles. The molecule has 0 saturated carbocycles. The second kappa shape index (κ2) is 9.48. The molecular formula is C28H34N4O4. The number of carbonyl (C=O) groups is 2. The van der Waals surface area contributed by atoms with Crippen LogP contribution in [0.5, 0.6) is 5.75 Å². The Balaban J connectivity index is 1.42. The summed E-state index contributed by atoms with van der Waals surface area (Å²) in [6, 6.07) is 16.2. The molecule has 0 radical (unpaired) electrons. The van der Waals surface area contributed by atoms with Crippen LogP contribution in [-0.2, 0) is 16.0 Å². The van der Waals surface area contributed by atoms with E-state index in [9.17, 15) is 9.59 Å². The van der Waals surface area contributed by atoms with Crippen molar-refractivity contribution in [2.75, 3.05) is 18.1 Å². The van der Waals surface area contributed by atoms with Crippen LogP contribution in [-0.4, -0.2) is 53.6 Å². The van der Waals surface area contributed by atoms with Crippen LogP contribution >= 0.6 is 0 Å². The Morgan fingerprint density at radius 3 is 2.72 bits per heavy atom. The molecule has 2 unspecified atom stereocenters. The molecule has 0 aromatic heterocycles. The summed E-state index contributed by atoms with van der Waals surface area (Å²) in [4.78, 5) is 29.3. The zero-order valence-electron chi connectivity index (χ0n) is 21.4. The van der Waals surface area contributed by atoms with Crippen molar-refractivity contribution >= 4 is 23.5 Å². The Kier molecular flexibility index (Phi) is 6.36. The van der Waals surface area contributed by atoms with Gasteiger partial charge in [-0.1, -0.05) is 36.4 Å². The number of hydrazone groups is 1. The van der Waals surface area contributed by atoms with Gasteiger partial charge < -0.3 is 19.3 Å². The van der Waals surface area contributed by atoms with Crippen molar-refractivity contribution in [2.45, 2.75) is 70.6 Å². The van der Waals surface area contributed by atoms with Crippen LogP contribution in [0.4, 0.5) is 10.5 Å². The van der Waals surface area contributed by atoms with Gasteiger partial charge in [0.1, 0.15) is 24.0 Å². The molecule has 1 N–H and O–H groups in total. The van der Waals surface area contributed by atoms with Crippen LogP contribution in [0.15, 0.2) is 53.6 Å². The number of hydrogen-bond acceptors (Lipinski definition) is 6. The fourth-order valence-corrected chi connectivity index (χ4v) is 5.29. The van der Waals surface area contributed by atoms with Gasteiger partial charge in [-0.2, -0.15) is 5.10 Å². The van der Waals surface area contributed by atoms with Gasteiger partial charge in [0, 0.05) is 12.6 Å². The number of amides is 2. The number of likely N-dealkylation sites (tertiary alicyclic amines) is 1. The van der Waals surface area contributed by atoms with Crippen molar-refractivity contribution in [1.82, 2.24) is 10.3 Å². The normalized spacial score (nSPS) is 23.6. The lowest BCUT2D eigenvalue weighted by molar-refractivity contribution is -0.122. The van der Waals surface area contributed by atoms with Gasteiger partial charge in [0.15, 0.2) is 5.84 Å². The largest absolute Gasteiger partial charge is 0.483 e. The molecule has 3 aliphatic rings. The second-order valence-corrected chi connectivity index (χ2v) is 10.8. The smallest absolute Gasteiger partial charge is 0.410 e. The summed E-state index contributed by atoms with van der Waals surface area (Å²) in [5.74, 6) is 1.59. The first-order valence-corrected chi connectivity index (χ1v) is 12.7. The Bertz CT molecular complexity index is 1170. The average molecular weight is 491 g/mol. The third kappa shape index (κ3) is 4.90. The number of hydrogen-bond donors (Lipinski definition) is 1. The number of piperidine rings is 1. The van der Waals surface area contributed by atoms with Crippen LogP contribution in [0.3, 0.4) is 0 Å². The van der Waals surface area contributed by atoms with E-state index in [1.54, 1.807) is 0 Å². The zero-order valence-corrected chi connectivity index (χ0v) is 21.4. The zero-order chi connectivity index (χ0) is 25.4. The molecule has 2 amide bonds. The van der Waals surface area contributed by atoms with Crippen molar-refractivity contribution in [3.63, 3.8) is 0 Å². The maximum absolute atomic E-state index is 13.1. The summed E-state index contributed by atoms with van der Waals surface area (Å²) < 4.78 is 11.7.